The molecular formula is C24H28N4S. The van der Waals surface area contributed by atoms with Gasteiger partial charge < -0.3 is 0 Å². The van der Waals surface area contributed by atoms with Crippen LogP contribution >= 0.6 is 11.3 Å². The summed E-state index contributed by atoms with van der Waals surface area (Å²) in [5.74, 6) is 1.69. The molecule has 2 aliphatic rings. The summed E-state index contributed by atoms with van der Waals surface area (Å²) in [6.45, 7) is 5.11. The molecule has 0 unspecified atom stereocenters. The van der Waals surface area contributed by atoms with Gasteiger partial charge in [-0.1, -0.05) is 43.5 Å². The molecule has 5 heteroatoms. The van der Waals surface area contributed by atoms with Crippen molar-refractivity contribution in [3.63, 3.8) is 0 Å². The molecule has 0 amide bonds. The molecule has 29 heavy (non-hydrogen) atoms. The van der Waals surface area contributed by atoms with E-state index in [0.717, 1.165) is 36.9 Å². The Morgan fingerprint density at radius 3 is 2.79 bits per heavy atom. The number of hydrogen-bond acceptors (Lipinski definition) is 5. The predicted octanol–water partition coefficient (Wildman–Crippen LogP) is 5.51. The van der Waals surface area contributed by atoms with E-state index in [0.29, 0.717) is 5.92 Å². The number of hydrogen-bond donors (Lipinski definition) is 0. The Bertz CT molecular complexity index is 990. The van der Waals surface area contributed by atoms with Gasteiger partial charge in [0.1, 0.15) is 10.8 Å². The zero-order valence-electron chi connectivity index (χ0n) is 17.1. The highest BCUT2D eigenvalue weighted by Gasteiger charge is 2.23. The normalized spacial score (nSPS) is 18.0. The number of benzene rings is 1. The van der Waals surface area contributed by atoms with Gasteiger partial charge in [-0.2, -0.15) is 0 Å². The van der Waals surface area contributed by atoms with Gasteiger partial charge in [0.25, 0.3) is 0 Å². The van der Waals surface area contributed by atoms with Crippen LogP contribution in [0.3, 0.4) is 0 Å². The standard InChI is InChI=1S/C24H28N4S/c1-17-7-5-6-10-21(17)24-26-14-20(29-24)16-28-12-11-22-19(15-28)13-25-23(27-22)18-8-3-2-4-9-18/h5-7,10,13-14,18H,2-4,8-9,11-12,15-16H2,1H3. The molecule has 0 saturated heterocycles. The van der Waals surface area contributed by atoms with Gasteiger partial charge in [-0.3, -0.25) is 4.90 Å². The number of thiazole rings is 1. The molecule has 0 spiro atoms. The van der Waals surface area contributed by atoms with E-state index in [4.69, 9.17) is 9.97 Å². The lowest BCUT2D eigenvalue weighted by Gasteiger charge is -2.28. The lowest BCUT2D eigenvalue weighted by Crippen LogP contribution is -2.31. The molecule has 0 atom stereocenters. The van der Waals surface area contributed by atoms with Crippen molar-refractivity contribution in [1.29, 1.82) is 0 Å². The molecule has 1 aromatic carbocycles. The van der Waals surface area contributed by atoms with Crippen LogP contribution in [0, 0.1) is 6.92 Å². The Morgan fingerprint density at radius 1 is 1.07 bits per heavy atom. The lowest BCUT2D eigenvalue weighted by molar-refractivity contribution is 0.244. The molecule has 3 heterocycles. The monoisotopic (exact) mass is 404 g/mol. The first kappa shape index (κ1) is 18.9. The average Bonchev–Trinajstić information content (AvgIpc) is 3.22. The van der Waals surface area contributed by atoms with Crippen LogP contribution in [0.1, 0.15) is 65.5 Å². The quantitative estimate of drug-likeness (QED) is 0.575. The summed E-state index contributed by atoms with van der Waals surface area (Å²) in [5.41, 5.74) is 5.11. The first-order valence-corrected chi connectivity index (χ1v) is 11.7. The molecule has 1 aliphatic carbocycles. The third-order valence-corrected chi connectivity index (χ3v) is 7.33. The smallest absolute Gasteiger partial charge is 0.131 e. The van der Waals surface area contributed by atoms with Crippen molar-refractivity contribution in [1.82, 2.24) is 19.9 Å². The Hall–Kier alpha value is -2.11. The largest absolute Gasteiger partial charge is 0.293 e. The Morgan fingerprint density at radius 2 is 1.93 bits per heavy atom. The summed E-state index contributed by atoms with van der Waals surface area (Å²) in [4.78, 5) is 18.3. The van der Waals surface area contributed by atoms with Gasteiger partial charge in [0.15, 0.2) is 0 Å². The summed E-state index contributed by atoms with van der Waals surface area (Å²) >= 11 is 1.81. The van der Waals surface area contributed by atoms with Crippen LogP contribution in [-0.4, -0.2) is 26.4 Å². The van der Waals surface area contributed by atoms with E-state index in [2.05, 4.69) is 47.3 Å². The van der Waals surface area contributed by atoms with Crippen molar-refractivity contribution in [3.8, 4) is 10.6 Å². The Labute approximate surface area is 177 Å². The van der Waals surface area contributed by atoms with Crippen LogP contribution in [0.4, 0.5) is 0 Å². The number of rotatable bonds is 4. The van der Waals surface area contributed by atoms with Gasteiger partial charge in [0.2, 0.25) is 0 Å². The van der Waals surface area contributed by atoms with E-state index >= 15 is 0 Å². The summed E-state index contributed by atoms with van der Waals surface area (Å²) in [6.07, 6.45) is 11.7. The van der Waals surface area contributed by atoms with Crippen LogP contribution in [0.5, 0.6) is 0 Å². The number of aryl methyl sites for hydroxylation is 1. The molecule has 0 N–H and O–H groups in total. The van der Waals surface area contributed by atoms with E-state index in [9.17, 15) is 0 Å². The molecule has 4 nitrogen and oxygen atoms in total. The second kappa shape index (κ2) is 8.33. The van der Waals surface area contributed by atoms with E-state index < -0.39 is 0 Å². The fourth-order valence-electron chi connectivity index (χ4n) is 4.62. The highest BCUT2D eigenvalue weighted by molar-refractivity contribution is 7.15. The Kier molecular flexibility index (Phi) is 5.42. The number of nitrogens with zero attached hydrogens (tertiary/aromatic N) is 4. The fourth-order valence-corrected chi connectivity index (χ4v) is 5.67. The summed E-state index contributed by atoms with van der Waals surface area (Å²) in [7, 11) is 0. The Balaban J connectivity index is 1.26. The second-order valence-electron chi connectivity index (χ2n) is 8.44. The van der Waals surface area contributed by atoms with Gasteiger partial charge in [0.05, 0.1) is 0 Å². The van der Waals surface area contributed by atoms with Gasteiger partial charge >= 0.3 is 0 Å². The van der Waals surface area contributed by atoms with Crippen LogP contribution in [0.2, 0.25) is 0 Å². The topological polar surface area (TPSA) is 41.9 Å². The minimum Gasteiger partial charge on any atom is -0.293 e. The lowest BCUT2D eigenvalue weighted by atomic mass is 9.88. The zero-order valence-corrected chi connectivity index (χ0v) is 17.9. The maximum Gasteiger partial charge on any atom is 0.131 e. The minimum atomic E-state index is 0.587. The summed E-state index contributed by atoms with van der Waals surface area (Å²) < 4.78 is 0. The molecule has 5 rings (SSSR count). The predicted molar refractivity (Wildman–Crippen MR) is 118 cm³/mol. The number of fused-ring (bicyclic) bond motifs is 1. The van der Waals surface area contributed by atoms with Crippen molar-refractivity contribution < 1.29 is 0 Å². The van der Waals surface area contributed by atoms with Crippen molar-refractivity contribution in [3.05, 3.63) is 64.2 Å². The molecule has 0 radical (unpaired) electrons. The van der Waals surface area contributed by atoms with Crippen LogP contribution in [0.15, 0.2) is 36.7 Å². The van der Waals surface area contributed by atoms with E-state index in [1.165, 1.54) is 59.4 Å². The third-order valence-electron chi connectivity index (χ3n) is 6.31. The molecule has 2 aromatic heterocycles. The molecule has 1 aliphatic heterocycles. The highest BCUT2D eigenvalue weighted by Crippen LogP contribution is 2.32. The van der Waals surface area contributed by atoms with Gasteiger partial charge in [0, 0.05) is 66.1 Å². The van der Waals surface area contributed by atoms with Crippen molar-refractivity contribution in [2.24, 2.45) is 0 Å². The van der Waals surface area contributed by atoms with Gasteiger partial charge in [-0.05, 0) is 25.3 Å². The van der Waals surface area contributed by atoms with Gasteiger partial charge in [-0.15, -0.1) is 11.3 Å². The fraction of sp³-hybridized carbons (Fsp3) is 0.458. The van der Waals surface area contributed by atoms with Crippen molar-refractivity contribution in [2.75, 3.05) is 6.54 Å². The van der Waals surface area contributed by atoms with Gasteiger partial charge in [-0.25, -0.2) is 15.0 Å². The molecule has 1 fully saturated rings. The van der Waals surface area contributed by atoms with E-state index in [1.807, 2.05) is 17.5 Å². The maximum absolute atomic E-state index is 4.98. The molecule has 1 saturated carbocycles. The van der Waals surface area contributed by atoms with Crippen LogP contribution < -0.4 is 0 Å². The third kappa shape index (κ3) is 4.12. The molecule has 0 bridgehead atoms. The minimum absolute atomic E-state index is 0.587. The highest BCUT2D eigenvalue weighted by atomic mass is 32.1. The number of aromatic nitrogens is 3. The summed E-state index contributed by atoms with van der Waals surface area (Å²) in [5, 5.41) is 1.12. The van der Waals surface area contributed by atoms with E-state index in [1.54, 1.807) is 0 Å². The first-order chi connectivity index (χ1) is 14.3. The summed E-state index contributed by atoms with van der Waals surface area (Å²) in [6, 6.07) is 8.49. The second-order valence-corrected chi connectivity index (χ2v) is 9.56. The molecular weight excluding hydrogens is 376 g/mol. The average molecular weight is 405 g/mol. The van der Waals surface area contributed by atoms with Crippen LogP contribution in [-0.2, 0) is 19.5 Å². The van der Waals surface area contributed by atoms with E-state index in [-0.39, 0.29) is 0 Å². The maximum atomic E-state index is 4.98. The molecule has 150 valence electrons. The SMILES string of the molecule is Cc1ccccc1-c1ncc(CN2CCc3nc(C4CCCCC4)ncc3C2)s1. The van der Waals surface area contributed by atoms with Crippen LogP contribution in [0.25, 0.3) is 10.6 Å². The van der Waals surface area contributed by atoms with Crippen molar-refractivity contribution >= 4 is 11.3 Å². The molecule has 3 aromatic rings. The van der Waals surface area contributed by atoms with Crippen molar-refractivity contribution in [2.45, 2.75) is 64.5 Å². The zero-order chi connectivity index (χ0) is 19.6. The first-order valence-electron chi connectivity index (χ1n) is 10.8.